The Kier molecular flexibility index (Phi) is 6.79. The number of halogens is 1. The van der Waals surface area contributed by atoms with Gasteiger partial charge in [0.05, 0.1) is 4.90 Å². The van der Waals surface area contributed by atoms with Crippen molar-refractivity contribution in [2.45, 2.75) is 49.8 Å². The fourth-order valence-electron chi connectivity index (χ4n) is 1.98. The molecular weight excluding hydrogens is 398 g/mol. The lowest BCUT2D eigenvalue weighted by Crippen LogP contribution is -2.47. The fraction of sp³-hybridized carbons (Fsp3) is 0.438. The number of urea groups is 1. The molecule has 0 saturated heterocycles. The summed E-state index contributed by atoms with van der Waals surface area (Å²) < 4.78 is 31.6. The van der Waals surface area contributed by atoms with E-state index in [0.717, 1.165) is 12.8 Å². The molecule has 0 bridgehead atoms. The Morgan fingerprint density at radius 2 is 1.89 bits per heavy atom. The van der Waals surface area contributed by atoms with E-state index in [9.17, 15) is 22.8 Å². The first-order valence-corrected chi connectivity index (χ1v) is 10.0. The summed E-state index contributed by atoms with van der Waals surface area (Å²) in [6.07, 6.45) is 0.438. The minimum Gasteiger partial charge on any atom is -0.451 e. The third-order valence-corrected chi connectivity index (χ3v) is 5.38. The van der Waals surface area contributed by atoms with Gasteiger partial charge in [-0.2, -0.15) is 4.72 Å². The monoisotopic (exact) mass is 417 g/mol. The number of carbonyl (C=O) groups is 3. The number of esters is 1. The second-order valence-corrected chi connectivity index (χ2v) is 8.27. The van der Waals surface area contributed by atoms with E-state index in [-0.39, 0.29) is 16.0 Å². The molecule has 0 heterocycles. The van der Waals surface area contributed by atoms with Crippen LogP contribution in [-0.4, -0.2) is 44.5 Å². The molecule has 2 atom stereocenters. The highest BCUT2D eigenvalue weighted by atomic mass is 35.5. The number of ether oxygens (including phenoxy) is 1. The van der Waals surface area contributed by atoms with Crippen molar-refractivity contribution in [3.8, 4) is 0 Å². The van der Waals surface area contributed by atoms with Crippen molar-refractivity contribution in [3.05, 3.63) is 29.3 Å². The van der Waals surface area contributed by atoms with Crippen LogP contribution in [0.15, 0.2) is 29.2 Å². The zero-order chi connectivity index (χ0) is 20.2. The van der Waals surface area contributed by atoms with Gasteiger partial charge in [0.1, 0.15) is 6.04 Å². The molecule has 0 aliphatic heterocycles. The highest BCUT2D eigenvalue weighted by Gasteiger charge is 2.28. The molecule has 27 heavy (non-hydrogen) atoms. The van der Waals surface area contributed by atoms with Gasteiger partial charge in [-0.3, -0.25) is 14.9 Å². The summed E-state index contributed by atoms with van der Waals surface area (Å²) in [6, 6.07) is 3.66. The average molecular weight is 418 g/mol. The lowest BCUT2D eigenvalue weighted by Gasteiger charge is -2.17. The topological polar surface area (TPSA) is 131 Å². The Balaban J connectivity index is 1.88. The molecule has 9 nitrogen and oxygen atoms in total. The first-order chi connectivity index (χ1) is 12.6. The van der Waals surface area contributed by atoms with E-state index >= 15 is 0 Å². The number of imide groups is 1. The molecule has 2 rings (SSSR count). The molecule has 1 aromatic rings. The Hall–Kier alpha value is -2.17. The summed E-state index contributed by atoms with van der Waals surface area (Å²) in [7, 11) is -4.01. The van der Waals surface area contributed by atoms with Crippen LogP contribution in [0.4, 0.5) is 4.79 Å². The molecule has 1 fully saturated rings. The van der Waals surface area contributed by atoms with Gasteiger partial charge in [0.2, 0.25) is 10.0 Å². The maximum atomic E-state index is 12.3. The fourth-order valence-corrected chi connectivity index (χ4v) is 3.47. The van der Waals surface area contributed by atoms with Gasteiger partial charge in [0.25, 0.3) is 5.91 Å². The Morgan fingerprint density at radius 3 is 2.48 bits per heavy atom. The van der Waals surface area contributed by atoms with Crippen molar-refractivity contribution in [3.63, 3.8) is 0 Å². The molecule has 1 saturated carbocycles. The van der Waals surface area contributed by atoms with Crippen molar-refractivity contribution >= 4 is 39.5 Å². The number of nitrogens with one attached hydrogen (secondary N) is 3. The predicted molar refractivity (Wildman–Crippen MR) is 96.5 cm³/mol. The van der Waals surface area contributed by atoms with Crippen LogP contribution in [0.25, 0.3) is 0 Å². The molecule has 0 aromatic heterocycles. The van der Waals surface area contributed by atoms with Crippen LogP contribution in [0.5, 0.6) is 0 Å². The summed E-state index contributed by atoms with van der Waals surface area (Å²) in [4.78, 5) is 35.3. The summed E-state index contributed by atoms with van der Waals surface area (Å²) in [6.45, 7) is 2.55. The number of sulfonamides is 1. The van der Waals surface area contributed by atoms with Crippen LogP contribution in [0.3, 0.4) is 0 Å². The Morgan fingerprint density at radius 1 is 1.22 bits per heavy atom. The average Bonchev–Trinajstić information content (AvgIpc) is 3.37. The predicted octanol–water partition coefficient (Wildman–Crippen LogP) is 0.927. The van der Waals surface area contributed by atoms with E-state index in [1.165, 1.54) is 38.1 Å². The minimum atomic E-state index is -4.01. The van der Waals surface area contributed by atoms with Gasteiger partial charge in [-0.05, 0) is 44.9 Å². The van der Waals surface area contributed by atoms with Crippen molar-refractivity contribution in [1.82, 2.24) is 15.4 Å². The van der Waals surface area contributed by atoms with Crippen molar-refractivity contribution in [2.24, 2.45) is 0 Å². The second kappa shape index (κ2) is 8.68. The number of hydrogen-bond acceptors (Lipinski definition) is 6. The molecule has 0 radical (unpaired) electrons. The number of rotatable bonds is 7. The van der Waals surface area contributed by atoms with Gasteiger partial charge in [0, 0.05) is 11.1 Å². The SMILES string of the molecule is CC(NS(=O)(=O)c1cccc(Cl)c1)C(=O)OC(C)C(=O)NC(=O)NC1CC1. The van der Waals surface area contributed by atoms with E-state index < -0.39 is 40.1 Å². The lowest BCUT2D eigenvalue weighted by atomic mass is 10.3. The van der Waals surface area contributed by atoms with Gasteiger partial charge < -0.3 is 10.1 Å². The third-order valence-electron chi connectivity index (χ3n) is 3.60. The van der Waals surface area contributed by atoms with Crippen LogP contribution in [0, 0.1) is 0 Å². The Bertz CT molecular complexity index is 840. The van der Waals surface area contributed by atoms with Crippen LogP contribution >= 0.6 is 11.6 Å². The molecule has 11 heteroatoms. The van der Waals surface area contributed by atoms with E-state index in [0.29, 0.717) is 0 Å². The van der Waals surface area contributed by atoms with Gasteiger partial charge in [-0.1, -0.05) is 17.7 Å². The normalized spacial score (nSPS) is 16.1. The van der Waals surface area contributed by atoms with Gasteiger partial charge in [-0.15, -0.1) is 0 Å². The standard InChI is InChI=1S/C16H20ClN3O6S/c1-9(20-27(24,25)13-5-3-4-11(17)8-13)15(22)26-10(2)14(21)19-16(23)18-12-6-7-12/h3-5,8-10,12,20H,6-7H2,1-2H3,(H2,18,19,21,23). The highest BCUT2D eigenvalue weighted by Crippen LogP contribution is 2.18. The summed E-state index contributed by atoms with van der Waals surface area (Å²) in [5.74, 6) is -1.78. The number of carbonyl (C=O) groups excluding carboxylic acids is 3. The number of benzene rings is 1. The third kappa shape index (κ3) is 6.49. The Labute approximate surface area is 161 Å². The largest absolute Gasteiger partial charge is 0.451 e. The molecular formula is C16H20ClN3O6S. The summed E-state index contributed by atoms with van der Waals surface area (Å²) in [5, 5.41) is 4.84. The zero-order valence-electron chi connectivity index (χ0n) is 14.7. The molecule has 3 N–H and O–H groups in total. The van der Waals surface area contributed by atoms with Crippen LogP contribution in [-0.2, 0) is 24.3 Å². The summed E-state index contributed by atoms with van der Waals surface area (Å²) in [5.41, 5.74) is 0. The maximum absolute atomic E-state index is 12.3. The molecule has 148 valence electrons. The van der Waals surface area contributed by atoms with E-state index in [4.69, 9.17) is 16.3 Å². The molecule has 3 amide bonds. The maximum Gasteiger partial charge on any atom is 0.324 e. The lowest BCUT2D eigenvalue weighted by molar-refractivity contribution is -0.155. The minimum absolute atomic E-state index is 0.0663. The van der Waals surface area contributed by atoms with E-state index in [1.807, 2.05) is 0 Å². The molecule has 1 aliphatic rings. The van der Waals surface area contributed by atoms with Crippen molar-refractivity contribution in [1.29, 1.82) is 0 Å². The zero-order valence-corrected chi connectivity index (χ0v) is 16.3. The first kappa shape index (κ1) is 21.1. The van der Waals surface area contributed by atoms with Crippen molar-refractivity contribution in [2.75, 3.05) is 0 Å². The second-order valence-electron chi connectivity index (χ2n) is 6.12. The quantitative estimate of drug-likeness (QED) is 0.565. The number of hydrogen-bond donors (Lipinski definition) is 3. The smallest absolute Gasteiger partial charge is 0.324 e. The van der Waals surface area contributed by atoms with E-state index in [1.54, 1.807) is 0 Å². The highest BCUT2D eigenvalue weighted by molar-refractivity contribution is 7.89. The molecule has 1 aliphatic carbocycles. The van der Waals surface area contributed by atoms with Gasteiger partial charge in [0.15, 0.2) is 6.10 Å². The van der Waals surface area contributed by atoms with Gasteiger partial charge in [-0.25, -0.2) is 13.2 Å². The first-order valence-electron chi connectivity index (χ1n) is 8.18. The molecule has 0 spiro atoms. The molecule has 1 aromatic carbocycles. The van der Waals surface area contributed by atoms with Crippen LogP contribution < -0.4 is 15.4 Å². The van der Waals surface area contributed by atoms with Crippen LogP contribution in [0.1, 0.15) is 26.7 Å². The van der Waals surface area contributed by atoms with Crippen LogP contribution in [0.2, 0.25) is 5.02 Å². The number of amides is 3. The molecule has 2 unspecified atom stereocenters. The van der Waals surface area contributed by atoms with Crippen molar-refractivity contribution < 1.29 is 27.5 Å². The van der Waals surface area contributed by atoms with Gasteiger partial charge >= 0.3 is 12.0 Å². The van der Waals surface area contributed by atoms with E-state index in [2.05, 4.69) is 15.4 Å². The summed E-state index contributed by atoms with van der Waals surface area (Å²) >= 11 is 5.77.